The number of hydrogen-bond acceptors (Lipinski definition) is 3. The van der Waals surface area contributed by atoms with Crippen LogP contribution in [0.2, 0.25) is 5.02 Å². The Hall–Kier alpha value is -0.850. The van der Waals surface area contributed by atoms with Gasteiger partial charge < -0.3 is 4.74 Å². The lowest BCUT2D eigenvalue weighted by Gasteiger charge is -2.27. The van der Waals surface area contributed by atoms with Gasteiger partial charge in [0.05, 0.1) is 17.4 Å². The largest absolute Gasteiger partial charge is 0.491 e. The molecule has 0 atom stereocenters. The molecular formula is C13H17ClFNO3S. The molecule has 7 heteroatoms. The van der Waals surface area contributed by atoms with Gasteiger partial charge in [-0.15, -0.1) is 0 Å². The molecule has 0 aliphatic heterocycles. The first-order valence-electron chi connectivity index (χ1n) is 6.38. The molecule has 2 N–H and O–H groups in total. The summed E-state index contributed by atoms with van der Waals surface area (Å²) in [6.45, 7) is 0.217. The summed E-state index contributed by atoms with van der Waals surface area (Å²) in [5, 5.41) is 5.33. The van der Waals surface area contributed by atoms with Gasteiger partial charge in [-0.25, -0.2) is 17.9 Å². The maximum Gasteiger partial charge on any atom is 0.209 e. The molecule has 0 spiro atoms. The lowest BCUT2D eigenvalue weighted by atomic mass is 9.90. The van der Waals surface area contributed by atoms with Crippen LogP contribution in [0.5, 0.6) is 5.75 Å². The minimum absolute atomic E-state index is 0.0984. The van der Waals surface area contributed by atoms with Crippen molar-refractivity contribution in [3.8, 4) is 5.75 Å². The standard InChI is InChI=1S/C13H17ClFNO3S/c14-11-7-10(15)3-4-12(11)19-8-13(5-1-2-6-13)9-20(16,17)18/h3-4,7H,1-2,5-6,8-9H2,(H2,16,17,18). The van der Waals surface area contributed by atoms with Crippen LogP contribution in [-0.2, 0) is 10.0 Å². The van der Waals surface area contributed by atoms with E-state index in [1.807, 2.05) is 0 Å². The van der Waals surface area contributed by atoms with E-state index in [-0.39, 0.29) is 17.4 Å². The van der Waals surface area contributed by atoms with E-state index in [1.54, 1.807) is 0 Å². The molecule has 1 aromatic rings. The smallest absolute Gasteiger partial charge is 0.209 e. The minimum atomic E-state index is -3.56. The van der Waals surface area contributed by atoms with E-state index >= 15 is 0 Å². The second kappa shape index (κ2) is 5.87. The van der Waals surface area contributed by atoms with Crippen LogP contribution in [0, 0.1) is 11.2 Å². The van der Waals surface area contributed by atoms with Crippen molar-refractivity contribution in [1.82, 2.24) is 0 Å². The summed E-state index contributed by atoms with van der Waals surface area (Å²) in [7, 11) is -3.56. The Morgan fingerprint density at radius 1 is 1.35 bits per heavy atom. The van der Waals surface area contributed by atoms with Gasteiger partial charge in [0.1, 0.15) is 11.6 Å². The zero-order chi connectivity index (χ0) is 14.8. The number of nitrogens with two attached hydrogens (primary N) is 1. The molecule has 1 fully saturated rings. The van der Waals surface area contributed by atoms with Gasteiger partial charge in [0.2, 0.25) is 10.0 Å². The van der Waals surface area contributed by atoms with Crippen molar-refractivity contribution in [2.45, 2.75) is 25.7 Å². The van der Waals surface area contributed by atoms with E-state index in [1.165, 1.54) is 12.1 Å². The summed E-state index contributed by atoms with van der Waals surface area (Å²) in [6, 6.07) is 3.86. The number of primary sulfonamides is 1. The van der Waals surface area contributed by atoms with E-state index in [9.17, 15) is 12.8 Å². The number of sulfonamides is 1. The van der Waals surface area contributed by atoms with Gasteiger partial charge in [-0.2, -0.15) is 0 Å². The van der Waals surface area contributed by atoms with Gasteiger partial charge in [0.25, 0.3) is 0 Å². The molecule has 1 aliphatic rings. The normalized spacial score (nSPS) is 18.1. The van der Waals surface area contributed by atoms with Crippen molar-refractivity contribution in [3.63, 3.8) is 0 Å². The van der Waals surface area contributed by atoms with Crippen molar-refractivity contribution in [3.05, 3.63) is 29.0 Å². The van der Waals surface area contributed by atoms with Crippen molar-refractivity contribution in [2.75, 3.05) is 12.4 Å². The van der Waals surface area contributed by atoms with Crippen molar-refractivity contribution in [2.24, 2.45) is 10.6 Å². The molecule has 0 saturated heterocycles. The van der Waals surface area contributed by atoms with Crippen LogP contribution in [0.3, 0.4) is 0 Å². The SMILES string of the molecule is NS(=O)(=O)CC1(COc2ccc(F)cc2Cl)CCCC1. The van der Waals surface area contributed by atoms with E-state index in [0.717, 1.165) is 31.7 Å². The maximum atomic E-state index is 13.0. The van der Waals surface area contributed by atoms with Crippen LogP contribution < -0.4 is 9.88 Å². The monoisotopic (exact) mass is 321 g/mol. The van der Waals surface area contributed by atoms with Crippen LogP contribution in [0.25, 0.3) is 0 Å². The van der Waals surface area contributed by atoms with Gasteiger partial charge in [-0.1, -0.05) is 24.4 Å². The summed E-state index contributed by atoms with van der Waals surface area (Å²) >= 11 is 5.89. The van der Waals surface area contributed by atoms with Crippen molar-refractivity contribution >= 4 is 21.6 Å². The Morgan fingerprint density at radius 3 is 2.55 bits per heavy atom. The lowest BCUT2D eigenvalue weighted by molar-refractivity contribution is 0.170. The van der Waals surface area contributed by atoms with Gasteiger partial charge >= 0.3 is 0 Å². The molecule has 0 unspecified atom stereocenters. The Kier molecular flexibility index (Phi) is 4.56. The highest BCUT2D eigenvalue weighted by Crippen LogP contribution is 2.40. The summed E-state index contributed by atoms with van der Waals surface area (Å²) < 4.78 is 41.3. The third-order valence-electron chi connectivity index (χ3n) is 3.60. The van der Waals surface area contributed by atoms with E-state index in [4.69, 9.17) is 21.5 Å². The van der Waals surface area contributed by atoms with E-state index < -0.39 is 21.3 Å². The van der Waals surface area contributed by atoms with Gasteiger partial charge in [-0.05, 0) is 31.0 Å². The lowest BCUT2D eigenvalue weighted by Crippen LogP contribution is -2.36. The molecule has 20 heavy (non-hydrogen) atoms. The predicted octanol–water partition coefficient (Wildman–Crippen LogP) is 2.71. The molecule has 1 aromatic carbocycles. The summed E-state index contributed by atoms with van der Waals surface area (Å²) in [5.41, 5.74) is -0.467. The first-order valence-corrected chi connectivity index (χ1v) is 8.47. The second-order valence-electron chi connectivity index (χ2n) is 5.38. The van der Waals surface area contributed by atoms with Gasteiger partial charge in [0.15, 0.2) is 0 Å². The van der Waals surface area contributed by atoms with Gasteiger partial charge in [-0.3, -0.25) is 0 Å². The fourth-order valence-corrected chi connectivity index (χ4v) is 4.15. The molecule has 2 rings (SSSR count). The number of benzene rings is 1. The highest BCUT2D eigenvalue weighted by molar-refractivity contribution is 7.89. The second-order valence-corrected chi connectivity index (χ2v) is 7.40. The predicted molar refractivity (Wildman–Crippen MR) is 75.8 cm³/mol. The molecule has 4 nitrogen and oxygen atoms in total. The Labute approximate surface area is 123 Å². The number of halogens is 2. The van der Waals surface area contributed by atoms with E-state index in [0.29, 0.717) is 5.75 Å². The highest BCUT2D eigenvalue weighted by Gasteiger charge is 2.38. The first kappa shape index (κ1) is 15.5. The third kappa shape index (κ3) is 4.07. The molecule has 0 amide bonds. The summed E-state index contributed by atoms with van der Waals surface area (Å²) in [4.78, 5) is 0. The van der Waals surface area contributed by atoms with Crippen LogP contribution in [0.1, 0.15) is 25.7 Å². The molecule has 112 valence electrons. The Bertz CT molecular complexity index is 585. The first-order chi connectivity index (χ1) is 9.30. The van der Waals surface area contributed by atoms with Gasteiger partial charge in [0, 0.05) is 5.41 Å². The molecular weight excluding hydrogens is 305 g/mol. The molecule has 1 saturated carbocycles. The average molecular weight is 322 g/mol. The molecule has 0 heterocycles. The maximum absolute atomic E-state index is 13.0. The van der Waals surface area contributed by atoms with Crippen LogP contribution >= 0.6 is 11.6 Å². The number of rotatable bonds is 5. The van der Waals surface area contributed by atoms with Crippen LogP contribution in [0.4, 0.5) is 4.39 Å². The van der Waals surface area contributed by atoms with Crippen LogP contribution in [0.15, 0.2) is 18.2 Å². The van der Waals surface area contributed by atoms with Crippen molar-refractivity contribution < 1.29 is 17.5 Å². The molecule has 1 aliphatic carbocycles. The summed E-state index contributed by atoms with van der Waals surface area (Å²) in [6.07, 6.45) is 3.41. The third-order valence-corrected chi connectivity index (χ3v) is 4.91. The zero-order valence-electron chi connectivity index (χ0n) is 10.9. The highest BCUT2D eigenvalue weighted by atomic mass is 35.5. The zero-order valence-corrected chi connectivity index (χ0v) is 12.5. The fourth-order valence-electron chi connectivity index (χ4n) is 2.71. The Morgan fingerprint density at radius 2 is 2.00 bits per heavy atom. The summed E-state index contributed by atoms with van der Waals surface area (Å²) in [5.74, 6) is -0.185. The number of ether oxygens (including phenoxy) is 1. The molecule has 0 radical (unpaired) electrons. The number of hydrogen-bond donors (Lipinski definition) is 1. The molecule has 0 bridgehead atoms. The van der Waals surface area contributed by atoms with E-state index in [2.05, 4.69) is 0 Å². The topological polar surface area (TPSA) is 69.4 Å². The quantitative estimate of drug-likeness (QED) is 0.906. The van der Waals surface area contributed by atoms with Crippen LogP contribution in [-0.4, -0.2) is 20.8 Å². The minimum Gasteiger partial charge on any atom is -0.491 e. The Balaban J connectivity index is 2.09. The van der Waals surface area contributed by atoms with Crippen molar-refractivity contribution in [1.29, 1.82) is 0 Å². The molecule has 0 aromatic heterocycles. The fraction of sp³-hybridized carbons (Fsp3) is 0.538. The average Bonchev–Trinajstić information content (AvgIpc) is 2.74.